The second kappa shape index (κ2) is 11.0. The minimum Gasteiger partial charge on any atom is -0.491 e. The number of aliphatic hydroxyl groups excluding tert-OH is 1. The Kier molecular flexibility index (Phi) is 8.43. The van der Waals surface area contributed by atoms with E-state index in [0.29, 0.717) is 62.4 Å². The van der Waals surface area contributed by atoms with Crippen LogP contribution in [-0.2, 0) is 10.9 Å². The maximum Gasteiger partial charge on any atom is 0.416 e. The molecule has 9 heteroatoms. The number of hydrogen-bond donors (Lipinski definition) is 1. The smallest absolute Gasteiger partial charge is 0.416 e. The fraction of sp³-hybridized carbons (Fsp3) is 0.455. The van der Waals surface area contributed by atoms with Gasteiger partial charge in [0.25, 0.3) is 0 Å². The second-order valence-electron chi connectivity index (χ2n) is 7.37. The molecule has 0 spiro atoms. The molecule has 3 rings (SSSR count). The summed E-state index contributed by atoms with van der Waals surface area (Å²) in [6.07, 6.45) is -4.99. The maximum absolute atomic E-state index is 12.9. The molecule has 1 atom stereocenters. The summed E-state index contributed by atoms with van der Waals surface area (Å²) in [7, 11) is 0. The Morgan fingerprint density at radius 3 is 2.39 bits per heavy atom. The van der Waals surface area contributed by atoms with Crippen LogP contribution in [0.5, 0.6) is 5.75 Å². The molecule has 2 aromatic rings. The molecule has 1 heterocycles. The van der Waals surface area contributed by atoms with Gasteiger partial charge < -0.3 is 19.5 Å². The molecule has 31 heavy (non-hydrogen) atoms. The molecule has 1 unspecified atom stereocenters. The van der Waals surface area contributed by atoms with Gasteiger partial charge in [-0.3, -0.25) is 4.90 Å². The van der Waals surface area contributed by atoms with Crippen LogP contribution in [0.3, 0.4) is 0 Å². The van der Waals surface area contributed by atoms with Crippen molar-refractivity contribution in [3.8, 4) is 5.75 Å². The highest BCUT2D eigenvalue weighted by atomic mass is 35.5. The van der Waals surface area contributed by atoms with Crippen LogP contribution in [0.1, 0.15) is 5.56 Å². The van der Waals surface area contributed by atoms with Crippen LogP contribution in [0, 0.1) is 0 Å². The van der Waals surface area contributed by atoms with Gasteiger partial charge in [-0.2, -0.15) is 13.2 Å². The van der Waals surface area contributed by atoms with E-state index in [0.717, 1.165) is 6.07 Å². The molecule has 170 valence electrons. The highest BCUT2D eigenvalue weighted by molar-refractivity contribution is 6.30. The number of hydrogen-bond acceptors (Lipinski definition) is 5. The van der Waals surface area contributed by atoms with Gasteiger partial charge in [-0.25, -0.2) is 0 Å². The van der Waals surface area contributed by atoms with E-state index in [2.05, 4.69) is 4.90 Å². The van der Waals surface area contributed by atoms with Gasteiger partial charge in [-0.05, 0) is 42.5 Å². The lowest BCUT2D eigenvalue weighted by Crippen LogP contribution is -2.49. The third kappa shape index (κ3) is 7.57. The molecule has 1 fully saturated rings. The normalized spacial score (nSPS) is 16.4. The number of alkyl halides is 3. The zero-order valence-electron chi connectivity index (χ0n) is 17.0. The lowest BCUT2D eigenvalue weighted by Gasteiger charge is -2.37. The standard InChI is InChI=1S/C22H26ClF3N2O3/c23-18-4-6-21(7-5-18)31-13-12-30-16-20(29)15-27-8-10-28(11-9-27)19-3-1-2-17(14-19)22(24,25)26/h1-7,14,20,29H,8-13,15-16H2. The van der Waals surface area contributed by atoms with Gasteiger partial charge in [0, 0.05) is 43.4 Å². The molecule has 1 N–H and O–H groups in total. The quantitative estimate of drug-likeness (QED) is 0.577. The summed E-state index contributed by atoms with van der Waals surface area (Å²) < 4.78 is 49.7. The van der Waals surface area contributed by atoms with Gasteiger partial charge in [-0.1, -0.05) is 17.7 Å². The number of anilines is 1. The number of piperazine rings is 1. The van der Waals surface area contributed by atoms with Crippen LogP contribution < -0.4 is 9.64 Å². The Morgan fingerprint density at radius 1 is 1.00 bits per heavy atom. The average molecular weight is 459 g/mol. The number of ether oxygens (including phenoxy) is 2. The molecule has 1 aliphatic rings. The fourth-order valence-corrected chi connectivity index (χ4v) is 3.51. The fourth-order valence-electron chi connectivity index (χ4n) is 3.39. The Morgan fingerprint density at radius 2 is 1.71 bits per heavy atom. The van der Waals surface area contributed by atoms with E-state index in [9.17, 15) is 18.3 Å². The third-order valence-corrected chi connectivity index (χ3v) is 5.25. The van der Waals surface area contributed by atoms with Crippen LogP contribution >= 0.6 is 11.6 Å². The highest BCUT2D eigenvalue weighted by Crippen LogP contribution is 2.31. The summed E-state index contributed by atoms with van der Waals surface area (Å²) in [5.41, 5.74) is -0.0703. The minimum atomic E-state index is -4.35. The molecule has 0 saturated carbocycles. The number of halogens is 4. The number of benzene rings is 2. The van der Waals surface area contributed by atoms with Gasteiger partial charge >= 0.3 is 6.18 Å². The topological polar surface area (TPSA) is 45.2 Å². The van der Waals surface area contributed by atoms with Crippen molar-refractivity contribution >= 4 is 17.3 Å². The SMILES string of the molecule is OC(COCCOc1ccc(Cl)cc1)CN1CCN(c2cccc(C(F)(F)F)c2)CC1. The molecule has 1 saturated heterocycles. The predicted octanol–water partition coefficient (Wildman–Crippen LogP) is 3.94. The van der Waals surface area contributed by atoms with Crippen LogP contribution in [0.25, 0.3) is 0 Å². The number of aliphatic hydroxyl groups is 1. The number of rotatable bonds is 9. The van der Waals surface area contributed by atoms with E-state index in [1.54, 1.807) is 30.3 Å². The Bertz CT molecular complexity index is 812. The van der Waals surface area contributed by atoms with Crippen LogP contribution in [0.4, 0.5) is 18.9 Å². The number of β-amino-alcohol motifs (C(OH)–C–C–N with tert-alkyl or cyclic N) is 1. The first-order valence-electron chi connectivity index (χ1n) is 10.1. The van der Waals surface area contributed by atoms with Crippen LogP contribution in [0.2, 0.25) is 5.02 Å². The highest BCUT2D eigenvalue weighted by Gasteiger charge is 2.31. The van der Waals surface area contributed by atoms with Crippen molar-refractivity contribution in [1.82, 2.24) is 4.90 Å². The van der Waals surface area contributed by atoms with Crippen molar-refractivity contribution in [3.05, 3.63) is 59.1 Å². The van der Waals surface area contributed by atoms with E-state index in [1.165, 1.54) is 12.1 Å². The van der Waals surface area contributed by atoms with Crippen molar-refractivity contribution < 1.29 is 27.8 Å². The zero-order valence-corrected chi connectivity index (χ0v) is 17.8. The van der Waals surface area contributed by atoms with E-state index in [4.69, 9.17) is 21.1 Å². The largest absolute Gasteiger partial charge is 0.491 e. The van der Waals surface area contributed by atoms with E-state index in [-0.39, 0.29) is 6.61 Å². The summed E-state index contributed by atoms with van der Waals surface area (Å²) in [6.45, 7) is 3.88. The van der Waals surface area contributed by atoms with Gasteiger partial charge in [0.1, 0.15) is 12.4 Å². The molecule has 0 radical (unpaired) electrons. The molecule has 1 aliphatic heterocycles. The zero-order chi connectivity index (χ0) is 22.3. The van der Waals surface area contributed by atoms with Crippen molar-refractivity contribution in [2.45, 2.75) is 12.3 Å². The van der Waals surface area contributed by atoms with Crippen molar-refractivity contribution in [1.29, 1.82) is 0 Å². The summed E-state index contributed by atoms with van der Waals surface area (Å²) in [6, 6.07) is 12.4. The van der Waals surface area contributed by atoms with Crippen LogP contribution in [0.15, 0.2) is 48.5 Å². The van der Waals surface area contributed by atoms with Gasteiger partial charge in [0.05, 0.1) is 24.9 Å². The molecular formula is C22H26ClF3N2O3. The summed E-state index contributed by atoms with van der Waals surface area (Å²) in [5.74, 6) is 0.701. The van der Waals surface area contributed by atoms with Gasteiger partial charge in [0.2, 0.25) is 0 Å². The summed E-state index contributed by atoms with van der Waals surface area (Å²) >= 11 is 5.82. The summed E-state index contributed by atoms with van der Waals surface area (Å²) in [5, 5.41) is 10.8. The van der Waals surface area contributed by atoms with Crippen molar-refractivity contribution in [2.75, 3.05) is 57.4 Å². The summed E-state index contributed by atoms with van der Waals surface area (Å²) in [4.78, 5) is 4.02. The molecule has 2 aromatic carbocycles. The van der Waals surface area contributed by atoms with Gasteiger partial charge in [-0.15, -0.1) is 0 Å². The Balaban J connectivity index is 1.32. The van der Waals surface area contributed by atoms with E-state index in [1.807, 2.05) is 4.90 Å². The molecule has 0 amide bonds. The molecule has 0 aromatic heterocycles. The average Bonchev–Trinajstić information content (AvgIpc) is 2.75. The number of nitrogens with zero attached hydrogens (tertiary/aromatic N) is 2. The first-order chi connectivity index (χ1) is 14.8. The van der Waals surface area contributed by atoms with Crippen molar-refractivity contribution in [3.63, 3.8) is 0 Å². The van der Waals surface area contributed by atoms with Crippen LogP contribution in [-0.4, -0.2) is 68.7 Å². The van der Waals surface area contributed by atoms with Gasteiger partial charge in [0.15, 0.2) is 0 Å². The predicted molar refractivity (Wildman–Crippen MR) is 114 cm³/mol. The monoisotopic (exact) mass is 458 g/mol. The van der Waals surface area contributed by atoms with E-state index < -0.39 is 17.8 Å². The molecule has 5 nitrogen and oxygen atoms in total. The van der Waals surface area contributed by atoms with E-state index >= 15 is 0 Å². The molecule has 0 bridgehead atoms. The Labute approximate surface area is 184 Å². The minimum absolute atomic E-state index is 0.192. The third-order valence-electron chi connectivity index (χ3n) is 5.00. The van der Waals surface area contributed by atoms with Crippen molar-refractivity contribution in [2.24, 2.45) is 0 Å². The first-order valence-corrected chi connectivity index (χ1v) is 10.5. The first kappa shape index (κ1) is 23.7. The maximum atomic E-state index is 12.9. The lowest BCUT2D eigenvalue weighted by atomic mass is 10.1. The molecule has 0 aliphatic carbocycles. The second-order valence-corrected chi connectivity index (χ2v) is 7.80. The lowest BCUT2D eigenvalue weighted by molar-refractivity contribution is -0.137. The molecular weight excluding hydrogens is 433 g/mol. The Hall–Kier alpha value is -2.00.